The van der Waals surface area contributed by atoms with E-state index in [4.69, 9.17) is 10.7 Å². The van der Waals surface area contributed by atoms with Crippen molar-refractivity contribution in [2.45, 2.75) is 56.2 Å². The standard InChI is InChI=1S/C30H26F3N7O2/c1-2-3-22(41)39-29-11-9-28(17-29,10-12-29)27-38-23(24-25(34)36-14-15-40(24)27)18-4-6-19(7-5-18)26(42)37-21-16-20(8-13-35-21)30(31,32)33/h4-8,13-16H,9-12,17H2,1H3,(H2,34,36)(H,39,41)(H,35,37,42). The van der Waals surface area contributed by atoms with Gasteiger partial charge in [0.05, 0.1) is 5.56 Å². The Labute approximate surface area is 238 Å². The van der Waals surface area contributed by atoms with Crippen LogP contribution in [0.15, 0.2) is 55.0 Å². The quantitative estimate of drug-likeness (QED) is 0.296. The number of benzene rings is 1. The topological polar surface area (TPSA) is 127 Å². The highest BCUT2D eigenvalue weighted by molar-refractivity contribution is 6.04. The molecule has 4 N–H and O–H groups in total. The Balaban J connectivity index is 1.29. The Bertz CT molecular complexity index is 1780. The number of nitrogen functional groups attached to an aromatic ring is 1. The molecule has 0 spiro atoms. The van der Waals surface area contributed by atoms with E-state index < -0.39 is 17.6 Å². The minimum Gasteiger partial charge on any atom is -0.382 e. The second-order valence-corrected chi connectivity index (χ2v) is 10.8. The molecule has 2 aliphatic carbocycles. The van der Waals surface area contributed by atoms with Crippen LogP contribution in [-0.2, 0) is 16.4 Å². The van der Waals surface area contributed by atoms with Crippen molar-refractivity contribution in [3.05, 3.63) is 71.9 Å². The van der Waals surface area contributed by atoms with E-state index in [9.17, 15) is 22.8 Å². The Morgan fingerprint density at radius 3 is 2.48 bits per heavy atom. The van der Waals surface area contributed by atoms with Crippen LogP contribution in [0, 0.1) is 11.8 Å². The van der Waals surface area contributed by atoms with Gasteiger partial charge in [-0.1, -0.05) is 18.1 Å². The zero-order valence-electron chi connectivity index (χ0n) is 22.5. The molecule has 0 radical (unpaired) electrons. The van der Waals surface area contributed by atoms with E-state index in [2.05, 4.69) is 32.4 Å². The third-order valence-electron chi connectivity index (χ3n) is 8.27. The van der Waals surface area contributed by atoms with Gasteiger partial charge in [0, 0.05) is 40.7 Å². The number of amides is 2. The van der Waals surface area contributed by atoms with E-state index in [-0.39, 0.29) is 28.2 Å². The number of imidazole rings is 1. The molecule has 4 aromatic rings. The number of nitrogens with two attached hydrogens (primary N) is 1. The predicted molar refractivity (Wildman–Crippen MR) is 149 cm³/mol. The summed E-state index contributed by atoms with van der Waals surface area (Å²) >= 11 is 0. The van der Waals surface area contributed by atoms with E-state index in [1.807, 2.05) is 10.6 Å². The number of carbonyl (C=O) groups is 2. The highest BCUT2D eigenvalue weighted by atomic mass is 19.4. The minimum absolute atomic E-state index is 0.205. The van der Waals surface area contributed by atoms with E-state index in [1.54, 1.807) is 37.4 Å². The summed E-state index contributed by atoms with van der Waals surface area (Å²) in [5.41, 5.74) is 7.00. The molecular formula is C30H26F3N7O2. The monoisotopic (exact) mass is 573 g/mol. The summed E-state index contributed by atoms with van der Waals surface area (Å²) in [5, 5.41) is 5.55. The summed E-state index contributed by atoms with van der Waals surface area (Å²) in [6.45, 7) is 1.63. The fourth-order valence-corrected chi connectivity index (χ4v) is 6.35. The van der Waals surface area contributed by atoms with Crippen molar-refractivity contribution in [2.24, 2.45) is 0 Å². The molecule has 2 fully saturated rings. The first-order valence-electron chi connectivity index (χ1n) is 13.4. The number of fused-ring (bicyclic) bond motifs is 3. The molecule has 12 heteroatoms. The fraction of sp³-hybridized carbons (Fsp3) is 0.300. The molecule has 2 saturated carbocycles. The largest absolute Gasteiger partial charge is 0.416 e. The maximum absolute atomic E-state index is 13.0. The summed E-state index contributed by atoms with van der Waals surface area (Å²) in [7, 11) is 0. The average molecular weight is 574 g/mol. The van der Waals surface area contributed by atoms with Crippen molar-refractivity contribution in [3.8, 4) is 23.1 Å². The Kier molecular flexibility index (Phi) is 6.40. The molecule has 0 aliphatic heterocycles. The lowest BCUT2D eigenvalue weighted by Crippen LogP contribution is -2.44. The van der Waals surface area contributed by atoms with Crippen LogP contribution in [0.5, 0.6) is 0 Å². The molecule has 2 amide bonds. The first-order valence-corrected chi connectivity index (χ1v) is 13.4. The number of alkyl halides is 3. The van der Waals surface area contributed by atoms with Crippen LogP contribution >= 0.6 is 0 Å². The van der Waals surface area contributed by atoms with Crippen molar-refractivity contribution >= 4 is 29.0 Å². The number of aromatic nitrogens is 4. The first kappa shape index (κ1) is 27.3. The summed E-state index contributed by atoms with van der Waals surface area (Å²) in [6, 6.07) is 8.17. The maximum Gasteiger partial charge on any atom is 0.416 e. The van der Waals surface area contributed by atoms with Crippen molar-refractivity contribution in [3.63, 3.8) is 0 Å². The van der Waals surface area contributed by atoms with Crippen LogP contribution in [0.1, 0.15) is 60.8 Å². The second-order valence-electron chi connectivity index (χ2n) is 10.8. The zero-order valence-corrected chi connectivity index (χ0v) is 22.5. The van der Waals surface area contributed by atoms with Crippen molar-refractivity contribution in [2.75, 3.05) is 11.1 Å². The van der Waals surface area contributed by atoms with E-state index in [0.717, 1.165) is 56.3 Å². The highest BCUT2D eigenvalue weighted by Crippen LogP contribution is 2.57. The van der Waals surface area contributed by atoms with Crippen molar-refractivity contribution in [1.82, 2.24) is 24.7 Å². The molecule has 0 atom stereocenters. The molecule has 3 heterocycles. The molecule has 2 aliphatic rings. The third kappa shape index (κ3) is 4.70. The fourth-order valence-electron chi connectivity index (χ4n) is 6.35. The summed E-state index contributed by atoms with van der Waals surface area (Å²) in [5.74, 6) is 5.29. The van der Waals surface area contributed by atoms with Gasteiger partial charge in [-0.25, -0.2) is 15.0 Å². The highest BCUT2D eigenvalue weighted by Gasteiger charge is 2.57. The number of nitrogens with one attached hydrogen (secondary N) is 2. The summed E-state index contributed by atoms with van der Waals surface area (Å²) in [6.07, 6.45) is 3.95. The number of hydrogen-bond donors (Lipinski definition) is 3. The molecule has 1 aromatic carbocycles. The van der Waals surface area contributed by atoms with Gasteiger partial charge in [0.2, 0.25) is 0 Å². The van der Waals surface area contributed by atoms with Crippen LogP contribution in [0.2, 0.25) is 0 Å². The molecule has 0 unspecified atom stereocenters. The Morgan fingerprint density at radius 1 is 1.05 bits per heavy atom. The lowest BCUT2D eigenvalue weighted by atomic mass is 9.83. The SMILES string of the molecule is CC#CC(=O)NC12CCC(c3nc(-c4ccc(C(=O)Nc5cc(C(F)(F)F)ccn5)cc4)c4c(N)nccn34)(CC1)C2. The molecule has 0 saturated heterocycles. The molecular weight excluding hydrogens is 547 g/mol. The third-order valence-corrected chi connectivity index (χ3v) is 8.27. The summed E-state index contributed by atoms with van der Waals surface area (Å²) < 4.78 is 41.1. The van der Waals surface area contributed by atoms with Crippen LogP contribution in [0.3, 0.4) is 0 Å². The Morgan fingerprint density at radius 2 is 1.79 bits per heavy atom. The van der Waals surface area contributed by atoms with Crippen molar-refractivity contribution < 1.29 is 22.8 Å². The summed E-state index contributed by atoms with van der Waals surface area (Å²) in [4.78, 5) is 38.2. The number of carbonyl (C=O) groups excluding carboxylic acids is 2. The first-order chi connectivity index (χ1) is 20.0. The number of hydrogen-bond acceptors (Lipinski definition) is 6. The number of nitrogens with zero attached hydrogens (tertiary/aromatic N) is 4. The zero-order chi connectivity index (χ0) is 29.7. The number of rotatable bonds is 5. The molecule has 214 valence electrons. The van der Waals surface area contributed by atoms with Crippen LogP contribution in [0.25, 0.3) is 16.8 Å². The minimum atomic E-state index is -4.55. The van der Waals surface area contributed by atoms with Gasteiger partial charge in [0.25, 0.3) is 11.8 Å². The lowest BCUT2D eigenvalue weighted by Gasteiger charge is -2.27. The van der Waals surface area contributed by atoms with Gasteiger partial charge < -0.3 is 16.4 Å². The van der Waals surface area contributed by atoms with Gasteiger partial charge in [0.15, 0.2) is 0 Å². The average Bonchev–Trinajstić information content (AvgIpc) is 3.64. The molecule has 6 rings (SSSR count). The van der Waals surface area contributed by atoms with Gasteiger partial charge in [-0.15, -0.1) is 0 Å². The van der Waals surface area contributed by atoms with Gasteiger partial charge in [-0.05, 0) is 69.2 Å². The van der Waals surface area contributed by atoms with Crippen LogP contribution in [-0.4, -0.2) is 36.7 Å². The maximum atomic E-state index is 13.0. The van der Waals surface area contributed by atoms with Gasteiger partial charge in [0.1, 0.15) is 28.7 Å². The van der Waals surface area contributed by atoms with Crippen LogP contribution in [0.4, 0.5) is 24.8 Å². The number of pyridine rings is 1. The van der Waals surface area contributed by atoms with Crippen LogP contribution < -0.4 is 16.4 Å². The predicted octanol–water partition coefficient (Wildman–Crippen LogP) is 4.74. The van der Waals surface area contributed by atoms with E-state index in [0.29, 0.717) is 22.6 Å². The smallest absolute Gasteiger partial charge is 0.382 e. The molecule has 9 nitrogen and oxygen atoms in total. The lowest BCUT2D eigenvalue weighted by molar-refractivity contribution is -0.137. The Hall–Kier alpha value is -4.92. The number of halogens is 3. The van der Waals surface area contributed by atoms with Gasteiger partial charge in [-0.2, -0.15) is 13.2 Å². The normalized spacial score (nSPS) is 21.1. The molecule has 42 heavy (non-hydrogen) atoms. The second kappa shape index (κ2) is 9.87. The van der Waals surface area contributed by atoms with Gasteiger partial charge in [-0.3, -0.25) is 14.0 Å². The molecule has 3 aromatic heterocycles. The van der Waals surface area contributed by atoms with E-state index in [1.165, 1.54) is 0 Å². The van der Waals surface area contributed by atoms with E-state index >= 15 is 0 Å². The number of anilines is 2. The van der Waals surface area contributed by atoms with Gasteiger partial charge >= 0.3 is 6.18 Å². The van der Waals surface area contributed by atoms with Crippen molar-refractivity contribution in [1.29, 1.82) is 0 Å². The molecule has 2 bridgehead atoms.